The molecule has 0 radical (unpaired) electrons. The van der Waals surface area contributed by atoms with Crippen LogP contribution in [-0.4, -0.2) is 61.5 Å². The molecule has 10 nitrogen and oxygen atoms in total. The van der Waals surface area contributed by atoms with Crippen LogP contribution in [0.3, 0.4) is 0 Å². The number of nitrogens with zero attached hydrogens (tertiary/aromatic N) is 4. The number of aryl methyl sites for hydroxylation is 1. The van der Waals surface area contributed by atoms with Gasteiger partial charge in [0.25, 0.3) is 11.8 Å². The highest BCUT2D eigenvalue weighted by atomic mass is 19.1. The van der Waals surface area contributed by atoms with Gasteiger partial charge in [-0.15, -0.1) is 0 Å². The van der Waals surface area contributed by atoms with Gasteiger partial charge in [0, 0.05) is 49.2 Å². The molecule has 216 valence electrons. The third-order valence-electron chi connectivity index (χ3n) is 8.65. The van der Waals surface area contributed by atoms with Crippen molar-refractivity contribution in [2.24, 2.45) is 0 Å². The number of benzene rings is 1. The summed E-state index contributed by atoms with van der Waals surface area (Å²) in [6.45, 7) is 1.63. The molecule has 2 aromatic heterocycles. The van der Waals surface area contributed by atoms with E-state index in [0.717, 1.165) is 29.0 Å². The Morgan fingerprint density at radius 1 is 1.02 bits per heavy atom. The van der Waals surface area contributed by atoms with Gasteiger partial charge in [0.2, 0.25) is 11.8 Å². The van der Waals surface area contributed by atoms with Crippen molar-refractivity contribution in [3.05, 3.63) is 64.9 Å². The second kappa shape index (κ2) is 9.53. The molecule has 3 aromatic rings. The van der Waals surface area contributed by atoms with Crippen LogP contribution in [0, 0.1) is 12.7 Å². The zero-order chi connectivity index (χ0) is 29.3. The number of fused-ring (bicyclic) bond motifs is 1. The number of carbonyl (C=O) groups excluding carboxylic acids is 4. The van der Waals surface area contributed by atoms with E-state index in [9.17, 15) is 23.6 Å². The maximum absolute atomic E-state index is 15.7. The summed E-state index contributed by atoms with van der Waals surface area (Å²) >= 11 is 0. The zero-order valence-electron chi connectivity index (χ0n) is 22.8. The second-order valence-electron chi connectivity index (χ2n) is 11.7. The molecule has 4 amide bonds. The average molecular weight is 575 g/mol. The molecular formula is C30H28F2N6O4. The molecule has 2 aliphatic carbocycles. The first-order chi connectivity index (χ1) is 20.1. The molecule has 2 N–H and O–H groups in total. The van der Waals surface area contributed by atoms with Gasteiger partial charge in [-0.25, -0.2) is 13.8 Å². The Labute approximate surface area is 239 Å². The third-order valence-corrected chi connectivity index (χ3v) is 8.65. The Hall–Kier alpha value is -4.48. The maximum atomic E-state index is 15.7. The highest BCUT2D eigenvalue weighted by molar-refractivity contribution is 6.23. The highest BCUT2D eigenvalue weighted by Crippen LogP contribution is 2.48. The third kappa shape index (κ3) is 4.45. The van der Waals surface area contributed by atoms with E-state index < -0.39 is 35.3 Å². The number of imide groups is 2. The van der Waals surface area contributed by atoms with Gasteiger partial charge < -0.3 is 5.32 Å². The second-order valence-corrected chi connectivity index (χ2v) is 11.7. The minimum atomic E-state index is -1.50. The van der Waals surface area contributed by atoms with E-state index in [4.69, 9.17) is 5.10 Å². The van der Waals surface area contributed by atoms with Gasteiger partial charge in [0.15, 0.2) is 0 Å². The number of alkyl halides is 1. The van der Waals surface area contributed by atoms with Crippen molar-refractivity contribution >= 4 is 29.3 Å². The molecule has 12 heteroatoms. The number of pyridine rings is 1. The van der Waals surface area contributed by atoms with Gasteiger partial charge in [-0.2, -0.15) is 5.10 Å². The van der Waals surface area contributed by atoms with Gasteiger partial charge in [-0.1, -0.05) is 0 Å². The Morgan fingerprint density at radius 2 is 1.79 bits per heavy atom. The monoisotopic (exact) mass is 574 g/mol. The molecule has 4 heterocycles. The molecular weight excluding hydrogens is 546 g/mol. The summed E-state index contributed by atoms with van der Waals surface area (Å²) in [5, 5.41) is 10.0. The number of hydrogen-bond donors (Lipinski definition) is 2. The fraction of sp³-hybridized carbons (Fsp3) is 0.400. The van der Waals surface area contributed by atoms with Crippen LogP contribution < -0.4 is 10.6 Å². The molecule has 1 saturated heterocycles. The van der Waals surface area contributed by atoms with Crippen LogP contribution in [0.2, 0.25) is 0 Å². The summed E-state index contributed by atoms with van der Waals surface area (Å²) in [5.41, 5.74) is 2.05. The Balaban J connectivity index is 1.02. The molecule has 1 unspecified atom stereocenters. The standard InChI is InChI=1S/C30H28F2N6O4/c1-15-22(31)6-7-23(34-15)21-13-37(36-26(21)16-2-3-16)18-11-30(32,12-18)14-33-17-4-5-19-20(10-17)29(42)38(28(19)41)24-8-9-25(39)35-27(24)40/h4-7,10,13,16,18,24,33H,2-3,8-9,11-12,14H2,1H3,(H,35,39,40). The van der Waals surface area contributed by atoms with Crippen molar-refractivity contribution in [1.29, 1.82) is 0 Å². The molecule has 0 bridgehead atoms. The Kier molecular flexibility index (Phi) is 6.00. The lowest BCUT2D eigenvalue weighted by molar-refractivity contribution is -0.136. The summed E-state index contributed by atoms with van der Waals surface area (Å²) in [4.78, 5) is 55.1. The fourth-order valence-corrected chi connectivity index (χ4v) is 6.10. The molecule has 1 aromatic carbocycles. The van der Waals surface area contributed by atoms with Gasteiger partial charge in [-0.3, -0.25) is 34.1 Å². The van der Waals surface area contributed by atoms with Crippen molar-refractivity contribution < 1.29 is 28.0 Å². The molecule has 2 saturated carbocycles. The molecule has 0 spiro atoms. The van der Waals surface area contributed by atoms with Crippen LogP contribution in [0.4, 0.5) is 14.5 Å². The van der Waals surface area contributed by atoms with Crippen molar-refractivity contribution in [3.8, 4) is 11.3 Å². The van der Waals surface area contributed by atoms with Gasteiger partial charge >= 0.3 is 0 Å². The van der Waals surface area contributed by atoms with Crippen LogP contribution in [0.25, 0.3) is 11.3 Å². The van der Waals surface area contributed by atoms with Crippen molar-refractivity contribution in [3.63, 3.8) is 0 Å². The number of rotatable bonds is 7. The van der Waals surface area contributed by atoms with E-state index in [1.54, 1.807) is 19.1 Å². The van der Waals surface area contributed by atoms with Crippen LogP contribution in [0.5, 0.6) is 0 Å². The number of piperidine rings is 1. The van der Waals surface area contributed by atoms with Crippen molar-refractivity contribution in [2.75, 3.05) is 11.9 Å². The number of hydrogen-bond acceptors (Lipinski definition) is 7. The molecule has 1 atom stereocenters. The summed E-state index contributed by atoms with van der Waals surface area (Å²) in [6.07, 6.45) is 4.56. The predicted octanol–water partition coefficient (Wildman–Crippen LogP) is 3.83. The number of carbonyl (C=O) groups is 4. The minimum absolute atomic E-state index is 0.00357. The molecule has 2 aliphatic heterocycles. The number of nitrogens with one attached hydrogen (secondary N) is 2. The number of halogens is 2. The SMILES string of the molecule is Cc1nc(-c2cn(C3CC(F)(CNc4ccc5c(c4)C(=O)N(C4CCC(=O)NC4=O)C5=O)C3)nc2C2CC2)ccc1F. The van der Waals surface area contributed by atoms with E-state index in [1.165, 1.54) is 18.2 Å². The van der Waals surface area contributed by atoms with Crippen LogP contribution in [0.15, 0.2) is 36.5 Å². The quantitative estimate of drug-likeness (QED) is 0.411. The van der Waals surface area contributed by atoms with Crippen LogP contribution >= 0.6 is 0 Å². The normalized spacial score (nSPS) is 25.4. The van der Waals surface area contributed by atoms with E-state index in [1.807, 2.05) is 10.9 Å². The van der Waals surface area contributed by atoms with Crippen molar-refractivity contribution in [1.82, 2.24) is 25.0 Å². The van der Waals surface area contributed by atoms with E-state index in [-0.39, 0.29) is 55.2 Å². The topological polar surface area (TPSA) is 126 Å². The Bertz CT molecular complexity index is 1680. The van der Waals surface area contributed by atoms with Gasteiger partial charge in [-0.05, 0) is 56.5 Å². The Morgan fingerprint density at radius 3 is 2.50 bits per heavy atom. The number of amides is 4. The summed E-state index contributed by atoms with van der Waals surface area (Å²) in [6, 6.07) is 6.48. The number of aromatic nitrogens is 3. The average Bonchev–Trinajstić information content (AvgIpc) is 3.65. The lowest BCUT2D eigenvalue weighted by atomic mass is 9.77. The number of anilines is 1. The summed E-state index contributed by atoms with van der Waals surface area (Å²) in [7, 11) is 0. The minimum Gasteiger partial charge on any atom is -0.382 e. The molecule has 3 fully saturated rings. The predicted molar refractivity (Wildman–Crippen MR) is 146 cm³/mol. The van der Waals surface area contributed by atoms with E-state index >= 15 is 4.39 Å². The van der Waals surface area contributed by atoms with Crippen molar-refractivity contribution in [2.45, 2.75) is 69.1 Å². The van der Waals surface area contributed by atoms with E-state index in [2.05, 4.69) is 15.6 Å². The largest absolute Gasteiger partial charge is 0.382 e. The molecule has 7 rings (SSSR count). The smallest absolute Gasteiger partial charge is 0.262 e. The first kappa shape index (κ1) is 26.4. The lowest BCUT2D eigenvalue weighted by Crippen LogP contribution is -2.54. The highest BCUT2D eigenvalue weighted by Gasteiger charge is 2.47. The molecule has 4 aliphatic rings. The maximum Gasteiger partial charge on any atom is 0.262 e. The van der Waals surface area contributed by atoms with Crippen LogP contribution in [-0.2, 0) is 9.59 Å². The lowest BCUT2D eigenvalue weighted by Gasteiger charge is -2.41. The van der Waals surface area contributed by atoms with Gasteiger partial charge in [0.1, 0.15) is 17.5 Å². The first-order valence-corrected chi connectivity index (χ1v) is 14.1. The molecule has 42 heavy (non-hydrogen) atoms. The first-order valence-electron chi connectivity index (χ1n) is 14.1. The fourth-order valence-electron chi connectivity index (χ4n) is 6.10. The zero-order valence-corrected chi connectivity index (χ0v) is 22.8. The summed E-state index contributed by atoms with van der Waals surface area (Å²) in [5.74, 6) is -2.33. The summed E-state index contributed by atoms with van der Waals surface area (Å²) < 4.78 is 31.3. The van der Waals surface area contributed by atoms with Gasteiger partial charge in [0.05, 0.1) is 34.3 Å². The van der Waals surface area contributed by atoms with E-state index in [0.29, 0.717) is 23.0 Å². The van der Waals surface area contributed by atoms with Crippen LogP contribution in [0.1, 0.15) is 82.6 Å².